The summed E-state index contributed by atoms with van der Waals surface area (Å²) in [7, 11) is 1.64. The predicted molar refractivity (Wildman–Crippen MR) is 71.7 cm³/mol. The van der Waals surface area contributed by atoms with Crippen molar-refractivity contribution < 1.29 is 9.53 Å². The average molecular weight is 246 g/mol. The highest BCUT2D eigenvalue weighted by molar-refractivity contribution is 6.10. The minimum Gasteiger partial charge on any atom is -0.496 e. The number of Topliss-reactive ketones (excluding diaryl/α,β-unsaturated/α-hetero) is 1. The van der Waals surface area contributed by atoms with Crippen molar-refractivity contribution in [3.05, 3.63) is 28.8 Å². The molecule has 1 heterocycles. The topological polar surface area (TPSA) is 50.7 Å². The van der Waals surface area contributed by atoms with Crippen LogP contribution in [0.1, 0.15) is 27.9 Å². The number of nitrogens with one attached hydrogen (secondary N) is 1. The molecule has 0 bridgehead atoms. The van der Waals surface area contributed by atoms with Crippen LogP contribution in [0.2, 0.25) is 0 Å². The molecule has 0 aliphatic carbocycles. The molecule has 0 atom stereocenters. The molecule has 0 radical (unpaired) electrons. The monoisotopic (exact) mass is 246 g/mol. The summed E-state index contributed by atoms with van der Waals surface area (Å²) in [5.41, 5.74) is 2.76. The fourth-order valence-corrected chi connectivity index (χ4v) is 2.13. The van der Waals surface area contributed by atoms with E-state index in [1.54, 1.807) is 7.11 Å². The lowest BCUT2D eigenvalue weighted by Crippen LogP contribution is -2.22. The van der Waals surface area contributed by atoms with Crippen LogP contribution in [0.25, 0.3) is 0 Å². The van der Waals surface area contributed by atoms with E-state index in [0.29, 0.717) is 6.42 Å². The van der Waals surface area contributed by atoms with E-state index in [1.807, 2.05) is 26.0 Å². The zero-order valence-electron chi connectivity index (χ0n) is 11.0. The van der Waals surface area contributed by atoms with Crippen LogP contribution in [0.3, 0.4) is 0 Å². The predicted octanol–water partition coefficient (Wildman–Crippen LogP) is 1.89. The zero-order valence-corrected chi connectivity index (χ0v) is 11.0. The third-order valence-electron chi connectivity index (χ3n) is 3.33. The molecule has 2 rings (SSSR count). The van der Waals surface area contributed by atoms with Crippen LogP contribution in [0, 0.1) is 13.8 Å². The van der Waals surface area contributed by atoms with E-state index in [0.717, 1.165) is 41.4 Å². The number of hydrogen-bond donors (Lipinski definition) is 1. The first-order valence-corrected chi connectivity index (χ1v) is 6.08. The van der Waals surface area contributed by atoms with Crippen LogP contribution >= 0.6 is 0 Å². The molecule has 1 aromatic carbocycles. The number of carbonyl (C=O) groups is 1. The molecule has 0 amide bonds. The second kappa shape index (κ2) is 5.21. The van der Waals surface area contributed by atoms with Crippen LogP contribution < -0.4 is 10.1 Å². The van der Waals surface area contributed by atoms with Gasteiger partial charge in [0, 0.05) is 12.1 Å². The molecule has 0 saturated heterocycles. The van der Waals surface area contributed by atoms with Gasteiger partial charge in [0.15, 0.2) is 5.78 Å². The first kappa shape index (κ1) is 12.6. The highest BCUT2D eigenvalue weighted by atomic mass is 16.5. The standard InChI is InChI=1S/C14H18N2O2/c1-9-10(2)13(18-3)5-4-11(9)12(17)8-14-15-6-7-16-14/h4-5H,6-8H2,1-3H3,(H,15,16). The Bertz CT molecular complexity index is 507. The smallest absolute Gasteiger partial charge is 0.170 e. The number of benzene rings is 1. The maximum atomic E-state index is 12.2. The fourth-order valence-electron chi connectivity index (χ4n) is 2.13. The molecule has 4 heteroatoms. The highest BCUT2D eigenvalue weighted by Gasteiger charge is 2.16. The van der Waals surface area contributed by atoms with Crippen LogP contribution in [0.5, 0.6) is 5.75 Å². The molecule has 0 aromatic heterocycles. The average Bonchev–Trinajstić information content (AvgIpc) is 2.85. The van der Waals surface area contributed by atoms with Crippen LogP contribution in [0.4, 0.5) is 0 Å². The minimum atomic E-state index is 0.103. The minimum absolute atomic E-state index is 0.103. The number of ether oxygens (including phenoxy) is 1. The van der Waals surface area contributed by atoms with Crippen molar-refractivity contribution in [2.24, 2.45) is 4.99 Å². The van der Waals surface area contributed by atoms with Gasteiger partial charge in [-0.15, -0.1) is 0 Å². The first-order valence-electron chi connectivity index (χ1n) is 6.08. The molecule has 1 aromatic rings. The number of carbonyl (C=O) groups excluding carboxylic acids is 1. The van der Waals surface area contributed by atoms with Gasteiger partial charge < -0.3 is 10.1 Å². The summed E-state index contributed by atoms with van der Waals surface area (Å²) < 4.78 is 5.25. The van der Waals surface area contributed by atoms with Crippen molar-refractivity contribution in [1.29, 1.82) is 0 Å². The van der Waals surface area contributed by atoms with Gasteiger partial charge in [-0.3, -0.25) is 9.79 Å². The fraction of sp³-hybridized carbons (Fsp3) is 0.429. The van der Waals surface area contributed by atoms with Crippen molar-refractivity contribution in [3.63, 3.8) is 0 Å². The molecule has 18 heavy (non-hydrogen) atoms. The van der Waals surface area contributed by atoms with E-state index < -0.39 is 0 Å². The number of rotatable bonds is 4. The highest BCUT2D eigenvalue weighted by Crippen LogP contribution is 2.24. The Hall–Kier alpha value is -1.84. The first-order chi connectivity index (χ1) is 8.63. The Morgan fingerprint density at radius 3 is 2.78 bits per heavy atom. The summed E-state index contributed by atoms with van der Waals surface area (Å²) in [6.07, 6.45) is 0.354. The zero-order chi connectivity index (χ0) is 13.1. The van der Waals surface area contributed by atoms with Gasteiger partial charge in [-0.25, -0.2) is 0 Å². The lowest BCUT2D eigenvalue weighted by Gasteiger charge is -2.11. The van der Waals surface area contributed by atoms with E-state index in [4.69, 9.17) is 4.74 Å². The summed E-state index contributed by atoms with van der Waals surface area (Å²) >= 11 is 0. The maximum absolute atomic E-state index is 12.2. The Morgan fingerprint density at radius 1 is 1.39 bits per heavy atom. The number of aliphatic imine (C=N–C) groups is 1. The number of methoxy groups -OCH3 is 1. The molecule has 96 valence electrons. The Kier molecular flexibility index (Phi) is 3.65. The summed E-state index contributed by atoms with van der Waals surface area (Å²) in [6.45, 7) is 5.53. The lowest BCUT2D eigenvalue weighted by molar-refractivity contribution is 0.0999. The van der Waals surface area contributed by atoms with Crippen LogP contribution in [-0.4, -0.2) is 31.8 Å². The van der Waals surface area contributed by atoms with Crippen molar-refractivity contribution in [1.82, 2.24) is 5.32 Å². The summed E-state index contributed by atoms with van der Waals surface area (Å²) in [5, 5.41) is 3.12. The normalized spacial score (nSPS) is 14.1. The van der Waals surface area contributed by atoms with E-state index in [-0.39, 0.29) is 5.78 Å². The van der Waals surface area contributed by atoms with Crippen molar-refractivity contribution in [3.8, 4) is 5.75 Å². The van der Waals surface area contributed by atoms with Gasteiger partial charge >= 0.3 is 0 Å². The molecule has 1 N–H and O–H groups in total. The Balaban J connectivity index is 2.22. The summed E-state index contributed by atoms with van der Waals surface area (Å²) in [6, 6.07) is 3.68. The van der Waals surface area contributed by atoms with Crippen LogP contribution in [0.15, 0.2) is 17.1 Å². The molecule has 1 aliphatic heterocycles. The second-order valence-corrected chi connectivity index (χ2v) is 4.42. The SMILES string of the molecule is COc1ccc(C(=O)CC2=NCCN2)c(C)c1C. The van der Waals surface area contributed by atoms with E-state index >= 15 is 0 Å². The third-order valence-corrected chi connectivity index (χ3v) is 3.33. The van der Waals surface area contributed by atoms with Gasteiger partial charge in [-0.1, -0.05) is 0 Å². The largest absolute Gasteiger partial charge is 0.496 e. The number of nitrogens with zero attached hydrogens (tertiary/aromatic N) is 1. The van der Waals surface area contributed by atoms with Crippen molar-refractivity contribution in [2.75, 3.05) is 20.2 Å². The van der Waals surface area contributed by atoms with Gasteiger partial charge in [0.2, 0.25) is 0 Å². The van der Waals surface area contributed by atoms with E-state index in [1.165, 1.54) is 0 Å². The van der Waals surface area contributed by atoms with Crippen molar-refractivity contribution >= 4 is 11.6 Å². The maximum Gasteiger partial charge on any atom is 0.170 e. The Morgan fingerprint density at radius 2 is 2.17 bits per heavy atom. The molecular weight excluding hydrogens is 228 g/mol. The molecule has 0 spiro atoms. The van der Waals surface area contributed by atoms with Gasteiger partial charge in [-0.2, -0.15) is 0 Å². The lowest BCUT2D eigenvalue weighted by atomic mass is 9.97. The third kappa shape index (κ3) is 2.37. The molecule has 0 saturated carbocycles. The summed E-state index contributed by atoms with van der Waals surface area (Å²) in [4.78, 5) is 16.5. The van der Waals surface area contributed by atoms with E-state index in [9.17, 15) is 4.79 Å². The molecule has 4 nitrogen and oxygen atoms in total. The van der Waals surface area contributed by atoms with Gasteiger partial charge in [-0.05, 0) is 37.1 Å². The van der Waals surface area contributed by atoms with Gasteiger partial charge in [0.1, 0.15) is 11.6 Å². The molecule has 0 fully saturated rings. The van der Waals surface area contributed by atoms with Gasteiger partial charge in [0.25, 0.3) is 0 Å². The van der Waals surface area contributed by atoms with Gasteiger partial charge in [0.05, 0.1) is 20.1 Å². The second-order valence-electron chi connectivity index (χ2n) is 4.42. The Labute approximate surface area is 107 Å². The van der Waals surface area contributed by atoms with Crippen molar-refractivity contribution in [2.45, 2.75) is 20.3 Å². The molecule has 0 unspecified atom stereocenters. The molecular formula is C14H18N2O2. The van der Waals surface area contributed by atoms with Crippen LogP contribution in [-0.2, 0) is 0 Å². The summed E-state index contributed by atoms with van der Waals surface area (Å²) in [5.74, 6) is 1.72. The molecule has 1 aliphatic rings. The number of ketones is 1. The van der Waals surface area contributed by atoms with E-state index in [2.05, 4.69) is 10.3 Å². The quantitative estimate of drug-likeness (QED) is 0.825. The number of amidine groups is 1. The number of hydrogen-bond acceptors (Lipinski definition) is 4.